The van der Waals surface area contributed by atoms with Gasteiger partial charge in [-0.05, 0) is 13.1 Å². The van der Waals surface area contributed by atoms with Crippen LogP contribution in [0.3, 0.4) is 0 Å². The molecular weight excluding hydrogens is 108 g/mol. The lowest BCUT2D eigenvalue weighted by Gasteiger charge is -1.86. The van der Waals surface area contributed by atoms with E-state index in [4.69, 9.17) is 0 Å². The molecule has 0 aliphatic heterocycles. The van der Waals surface area contributed by atoms with E-state index in [-0.39, 0.29) is 20.8 Å². The molecule has 0 radical (unpaired) electrons. The third-order valence-electron chi connectivity index (χ3n) is 0.500. The minimum Gasteiger partial charge on any atom is -0.317 e. The van der Waals surface area contributed by atoms with Gasteiger partial charge in [0.15, 0.2) is 0 Å². The van der Waals surface area contributed by atoms with E-state index in [0.717, 1.165) is 13.1 Å². The second-order valence-electron chi connectivity index (χ2n) is 0.957. The van der Waals surface area contributed by atoms with Crippen LogP contribution in [0.5, 0.6) is 0 Å². The summed E-state index contributed by atoms with van der Waals surface area (Å²) in [6, 6.07) is 0. The molecule has 0 spiro atoms. The maximum Gasteiger partial charge on any atom is 0.0814 e. The lowest BCUT2D eigenvalue weighted by Crippen LogP contribution is -2.09. The van der Waals surface area contributed by atoms with Crippen molar-refractivity contribution in [1.29, 1.82) is 0 Å². The quantitative estimate of drug-likeness (QED) is 0.504. The van der Waals surface area contributed by atoms with Gasteiger partial charge in [-0.1, -0.05) is 13.8 Å². The Morgan fingerprint density at radius 2 is 1.43 bits per heavy atom. The van der Waals surface area contributed by atoms with Gasteiger partial charge in [-0.2, -0.15) is 0 Å². The van der Waals surface area contributed by atoms with Gasteiger partial charge in [0.25, 0.3) is 0 Å². The normalized spacial score (nSPS) is 6.00. The second kappa shape index (κ2) is 16.2. The van der Waals surface area contributed by atoms with Crippen molar-refractivity contribution in [2.45, 2.75) is 13.8 Å². The van der Waals surface area contributed by atoms with Gasteiger partial charge in [-0.15, -0.1) is 12.4 Å². The molecule has 0 aliphatic carbocycles. The number of halogens is 1. The number of hydrogen-bond acceptors (Lipinski definition) is 1. The molecule has 0 heterocycles. The molecule has 0 saturated carbocycles. The summed E-state index contributed by atoms with van der Waals surface area (Å²) in [4.78, 5) is 0. The summed E-state index contributed by atoms with van der Waals surface area (Å²) < 4.78 is 0. The highest BCUT2D eigenvalue weighted by Gasteiger charge is 1.62. The highest BCUT2D eigenvalue weighted by molar-refractivity contribution is 5.85. The summed E-state index contributed by atoms with van der Waals surface area (Å²) in [7, 11) is 0. The molecule has 1 nitrogen and oxygen atoms in total. The Kier molecular flexibility index (Phi) is 36.3. The molecule has 0 aromatic carbocycles. The van der Waals surface area contributed by atoms with Crippen LogP contribution in [-0.4, -0.2) is 21.5 Å². The van der Waals surface area contributed by atoms with Crippen molar-refractivity contribution in [1.82, 2.24) is 5.32 Å². The van der Waals surface area contributed by atoms with Gasteiger partial charge in [-0.25, -0.2) is 0 Å². The third kappa shape index (κ3) is 21.9. The van der Waals surface area contributed by atoms with Crippen molar-refractivity contribution in [2.75, 3.05) is 13.1 Å². The van der Waals surface area contributed by atoms with Crippen LogP contribution in [-0.2, 0) is 0 Å². The van der Waals surface area contributed by atoms with E-state index in [2.05, 4.69) is 19.2 Å². The average molecular weight is 123 g/mol. The minimum atomic E-state index is 0. The topological polar surface area (TPSA) is 12.0 Å². The van der Waals surface area contributed by atoms with E-state index in [0.29, 0.717) is 0 Å². The predicted octanol–water partition coefficient (Wildman–Crippen LogP) is -0.146. The fourth-order valence-corrected chi connectivity index (χ4v) is 0.250. The summed E-state index contributed by atoms with van der Waals surface area (Å²) in [6.45, 7) is 6.39. The standard InChI is InChI=1S/C4H11N.BH3.ClH/c1-3-5-4-2;;/h5H,3-4H2,1-2H3;1H3;1H. The first-order valence-electron chi connectivity index (χ1n) is 2.12. The maximum absolute atomic E-state index is 3.11. The van der Waals surface area contributed by atoms with Gasteiger partial charge in [-0.3, -0.25) is 0 Å². The first-order chi connectivity index (χ1) is 2.41. The van der Waals surface area contributed by atoms with Crippen LogP contribution < -0.4 is 5.32 Å². The van der Waals surface area contributed by atoms with Crippen LogP contribution in [0, 0.1) is 0 Å². The molecule has 0 bridgehead atoms. The summed E-state index contributed by atoms with van der Waals surface area (Å²) in [5.41, 5.74) is 0. The zero-order chi connectivity index (χ0) is 4.12. The zero-order valence-electron chi connectivity index (χ0n) is 4.32. The number of rotatable bonds is 2. The molecule has 46 valence electrons. The summed E-state index contributed by atoms with van der Waals surface area (Å²) in [5.74, 6) is 0. The predicted molar refractivity (Wildman–Crippen MR) is 41.4 cm³/mol. The van der Waals surface area contributed by atoms with Crippen LogP contribution in [0.25, 0.3) is 0 Å². The van der Waals surface area contributed by atoms with Gasteiger partial charge in [0.1, 0.15) is 0 Å². The first kappa shape index (κ1) is 15.7. The van der Waals surface area contributed by atoms with Crippen molar-refractivity contribution in [2.24, 2.45) is 0 Å². The van der Waals surface area contributed by atoms with Crippen LogP contribution in [0.4, 0.5) is 0 Å². The lowest BCUT2D eigenvalue weighted by atomic mass is 10.7. The molecule has 0 fully saturated rings. The van der Waals surface area contributed by atoms with Crippen molar-refractivity contribution in [3.63, 3.8) is 0 Å². The van der Waals surface area contributed by atoms with Crippen LogP contribution in [0.2, 0.25) is 0 Å². The molecule has 0 amide bonds. The van der Waals surface area contributed by atoms with Gasteiger partial charge < -0.3 is 5.32 Å². The largest absolute Gasteiger partial charge is 0.317 e. The molecule has 7 heavy (non-hydrogen) atoms. The molecule has 0 saturated heterocycles. The van der Waals surface area contributed by atoms with Crippen LogP contribution in [0.15, 0.2) is 0 Å². The minimum absolute atomic E-state index is 0. The molecular formula is C4H15BClN. The van der Waals surface area contributed by atoms with E-state index in [1.165, 1.54) is 0 Å². The van der Waals surface area contributed by atoms with Gasteiger partial charge in [0.05, 0.1) is 8.41 Å². The van der Waals surface area contributed by atoms with Gasteiger partial charge in [0.2, 0.25) is 0 Å². The summed E-state index contributed by atoms with van der Waals surface area (Å²) in [6.07, 6.45) is 0. The van der Waals surface area contributed by atoms with E-state index >= 15 is 0 Å². The number of hydrogen-bond donors (Lipinski definition) is 1. The third-order valence-corrected chi connectivity index (χ3v) is 0.500. The molecule has 0 atom stereocenters. The molecule has 0 aliphatic rings. The van der Waals surface area contributed by atoms with Crippen molar-refractivity contribution < 1.29 is 0 Å². The van der Waals surface area contributed by atoms with E-state index < -0.39 is 0 Å². The molecule has 3 heteroatoms. The van der Waals surface area contributed by atoms with Gasteiger partial charge in [0, 0.05) is 0 Å². The summed E-state index contributed by atoms with van der Waals surface area (Å²) in [5, 5.41) is 3.11. The molecule has 0 aromatic rings. The van der Waals surface area contributed by atoms with E-state index in [9.17, 15) is 0 Å². The smallest absolute Gasteiger partial charge is 0.0814 e. The molecule has 0 aromatic heterocycles. The second-order valence-corrected chi connectivity index (χ2v) is 0.957. The Hall–Kier alpha value is 0.315. The van der Waals surface area contributed by atoms with Crippen molar-refractivity contribution in [3.8, 4) is 0 Å². The Bertz CT molecular complexity index is 19.2. The van der Waals surface area contributed by atoms with E-state index in [1.807, 2.05) is 0 Å². The Labute approximate surface area is 53.9 Å². The fraction of sp³-hybridized carbons (Fsp3) is 1.00. The molecule has 0 unspecified atom stereocenters. The SMILES string of the molecule is B.CCNCC.Cl. The van der Waals surface area contributed by atoms with E-state index in [1.54, 1.807) is 0 Å². The van der Waals surface area contributed by atoms with Crippen molar-refractivity contribution >= 4 is 20.8 Å². The Balaban J connectivity index is -0.0000000800. The zero-order valence-corrected chi connectivity index (χ0v) is 5.14. The van der Waals surface area contributed by atoms with Crippen molar-refractivity contribution in [3.05, 3.63) is 0 Å². The Morgan fingerprint density at radius 1 is 1.14 bits per heavy atom. The summed E-state index contributed by atoms with van der Waals surface area (Å²) >= 11 is 0. The van der Waals surface area contributed by atoms with Gasteiger partial charge >= 0.3 is 0 Å². The molecule has 1 N–H and O–H groups in total. The molecule has 0 rings (SSSR count). The highest BCUT2D eigenvalue weighted by Crippen LogP contribution is 1.47. The Morgan fingerprint density at radius 3 is 1.43 bits per heavy atom. The monoisotopic (exact) mass is 123 g/mol. The maximum atomic E-state index is 3.11. The number of nitrogens with one attached hydrogen (secondary N) is 1. The lowest BCUT2D eigenvalue weighted by molar-refractivity contribution is 0.762. The van der Waals surface area contributed by atoms with Crippen LogP contribution >= 0.6 is 12.4 Å². The fourth-order valence-electron chi connectivity index (χ4n) is 0.250. The first-order valence-corrected chi connectivity index (χ1v) is 2.12. The highest BCUT2D eigenvalue weighted by atomic mass is 35.5. The average Bonchev–Trinajstić information content (AvgIpc) is 1.41. The van der Waals surface area contributed by atoms with Crippen LogP contribution in [0.1, 0.15) is 13.8 Å².